The second kappa shape index (κ2) is 3.69. The van der Waals surface area contributed by atoms with Crippen LogP contribution in [0.4, 0.5) is 8.78 Å². The highest BCUT2D eigenvalue weighted by atomic mass is 19.2. The topological polar surface area (TPSA) is 20.2 Å². The van der Waals surface area contributed by atoms with E-state index < -0.39 is 11.6 Å². The normalized spacial score (nSPS) is 10.3. The lowest BCUT2D eigenvalue weighted by atomic mass is 10.0. The van der Waals surface area contributed by atoms with Gasteiger partial charge in [0.1, 0.15) is 5.75 Å². The van der Waals surface area contributed by atoms with Gasteiger partial charge in [0.15, 0.2) is 11.6 Å². The summed E-state index contributed by atoms with van der Waals surface area (Å²) in [4.78, 5) is 0. The zero-order valence-corrected chi connectivity index (χ0v) is 7.67. The second-order valence-corrected chi connectivity index (χ2v) is 3.06. The van der Waals surface area contributed by atoms with Gasteiger partial charge in [0.25, 0.3) is 0 Å². The summed E-state index contributed by atoms with van der Waals surface area (Å²) < 4.78 is 26.3. The Hall–Kier alpha value is -1.90. The van der Waals surface area contributed by atoms with Gasteiger partial charge in [-0.1, -0.05) is 18.2 Å². The van der Waals surface area contributed by atoms with Gasteiger partial charge in [-0.05, 0) is 29.8 Å². The highest BCUT2D eigenvalue weighted by Crippen LogP contribution is 2.26. The minimum atomic E-state index is -0.931. The van der Waals surface area contributed by atoms with Gasteiger partial charge in [-0.25, -0.2) is 8.78 Å². The molecule has 0 heterocycles. The van der Waals surface area contributed by atoms with Crippen molar-refractivity contribution in [3.05, 3.63) is 54.1 Å². The smallest absolute Gasteiger partial charge is 0.166 e. The van der Waals surface area contributed by atoms with Crippen LogP contribution in [0.15, 0.2) is 36.4 Å². The molecule has 1 N–H and O–H groups in total. The van der Waals surface area contributed by atoms with E-state index in [4.69, 9.17) is 0 Å². The molecule has 0 spiro atoms. The molecule has 0 fully saturated rings. The molecule has 0 unspecified atom stereocenters. The molecule has 0 atom stereocenters. The first-order valence-corrected chi connectivity index (χ1v) is 4.33. The van der Waals surface area contributed by atoms with Crippen LogP contribution in [0.3, 0.4) is 0 Å². The summed E-state index contributed by atoms with van der Waals surface area (Å²) >= 11 is 0. The van der Waals surface area contributed by atoms with Gasteiger partial charge in [-0.3, -0.25) is 0 Å². The summed E-state index contributed by atoms with van der Waals surface area (Å²) in [5.41, 5.74) is 0.415. The molecular weight excluding hydrogens is 198 g/mol. The summed E-state index contributed by atoms with van der Waals surface area (Å²) in [6.07, 6.45) is 0. The summed E-state index contributed by atoms with van der Waals surface area (Å²) in [6, 6.07) is 10.8. The Balaban J connectivity index is 2.59. The molecule has 0 aliphatic carbocycles. The lowest BCUT2D eigenvalue weighted by molar-refractivity contribution is 0.475. The van der Waals surface area contributed by atoms with Gasteiger partial charge in [0, 0.05) is 5.56 Å². The number of hydrogen-bond donors (Lipinski definition) is 1. The van der Waals surface area contributed by atoms with Crippen molar-refractivity contribution in [3.63, 3.8) is 0 Å². The van der Waals surface area contributed by atoms with Crippen molar-refractivity contribution in [2.45, 2.75) is 0 Å². The lowest BCUT2D eigenvalue weighted by Crippen LogP contribution is -1.88. The Bertz CT molecular complexity index is 495. The number of hydrogen-bond acceptors (Lipinski definition) is 1. The van der Waals surface area contributed by atoms with E-state index in [2.05, 4.69) is 6.07 Å². The van der Waals surface area contributed by atoms with Crippen LogP contribution >= 0.6 is 0 Å². The predicted molar refractivity (Wildman–Crippen MR) is 52.3 cm³/mol. The first kappa shape index (κ1) is 9.65. The molecule has 0 saturated carbocycles. The summed E-state index contributed by atoms with van der Waals surface area (Å²) in [5, 5.41) is 9.20. The third kappa shape index (κ3) is 1.81. The minimum Gasteiger partial charge on any atom is -0.508 e. The fraction of sp³-hybridized carbons (Fsp3) is 0. The molecule has 2 rings (SSSR count). The Labute approximate surface area is 85.6 Å². The predicted octanol–water partition coefficient (Wildman–Crippen LogP) is 3.14. The first-order valence-electron chi connectivity index (χ1n) is 4.33. The quantitative estimate of drug-likeness (QED) is 0.758. The maximum atomic E-state index is 13.3. The number of aromatic hydroxyl groups is 1. The molecule has 2 aromatic carbocycles. The van der Waals surface area contributed by atoms with Crippen molar-refractivity contribution in [1.29, 1.82) is 0 Å². The van der Waals surface area contributed by atoms with Crippen LogP contribution in [-0.4, -0.2) is 5.11 Å². The number of halogens is 2. The van der Waals surface area contributed by atoms with Crippen LogP contribution in [0.25, 0.3) is 11.1 Å². The summed E-state index contributed by atoms with van der Waals surface area (Å²) in [6.45, 7) is 0. The molecule has 2 aromatic rings. The fourth-order valence-corrected chi connectivity index (χ4v) is 1.32. The maximum absolute atomic E-state index is 13.3. The SMILES string of the molecule is Oc1cc[c]c(-c2cccc(F)c2F)c1. The van der Waals surface area contributed by atoms with E-state index in [0.717, 1.165) is 6.07 Å². The largest absolute Gasteiger partial charge is 0.508 e. The standard InChI is InChI=1S/C12H7F2O/c13-11-6-2-5-10(12(11)14)8-3-1-4-9(15)7-8/h1-2,4-7,15H. The van der Waals surface area contributed by atoms with Crippen molar-refractivity contribution >= 4 is 0 Å². The molecule has 75 valence electrons. The maximum Gasteiger partial charge on any atom is 0.166 e. The molecule has 0 saturated heterocycles. The fourth-order valence-electron chi connectivity index (χ4n) is 1.32. The number of phenolic OH excluding ortho intramolecular Hbond substituents is 1. The monoisotopic (exact) mass is 205 g/mol. The van der Waals surface area contributed by atoms with E-state index in [1.807, 2.05) is 0 Å². The average molecular weight is 205 g/mol. The third-order valence-corrected chi connectivity index (χ3v) is 2.03. The Kier molecular flexibility index (Phi) is 2.37. The third-order valence-electron chi connectivity index (χ3n) is 2.03. The van der Waals surface area contributed by atoms with Gasteiger partial charge >= 0.3 is 0 Å². The van der Waals surface area contributed by atoms with Gasteiger partial charge in [0.05, 0.1) is 0 Å². The number of rotatable bonds is 1. The Morgan fingerprint density at radius 1 is 1.13 bits per heavy atom. The van der Waals surface area contributed by atoms with E-state index in [1.165, 1.54) is 30.3 Å². The Morgan fingerprint density at radius 3 is 2.67 bits per heavy atom. The van der Waals surface area contributed by atoms with Gasteiger partial charge in [-0.2, -0.15) is 0 Å². The molecule has 0 aromatic heterocycles. The van der Waals surface area contributed by atoms with Crippen molar-refractivity contribution < 1.29 is 13.9 Å². The van der Waals surface area contributed by atoms with Crippen LogP contribution in [0, 0.1) is 17.7 Å². The highest BCUT2D eigenvalue weighted by Gasteiger charge is 2.09. The first-order chi connectivity index (χ1) is 7.18. The summed E-state index contributed by atoms with van der Waals surface area (Å²) in [5.74, 6) is -1.85. The van der Waals surface area contributed by atoms with Crippen molar-refractivity contribution in [2.24, 2.45) is 0 Å². The van der Waals surface area contributed by atoms with E-state index in [9.17, 15) is 13.9 Å². The zero-order valence-electron chi connectivity index (χ0n) is 7.67. The number of phenols is 1. The lowest BCUT2D eigenvalue weighted by Gasteiger charge is -2.03. The summed E-state index contributed by atoms with van der Waals surface area (Å²) in [7, 11) is 0. The second-order valence-electron chi connectivity index (χ2n) is 3.06. The van der Waals surface area contributed by atoms with E-state index in [0.29, 0.717) is 5.56 Å². The average Bonchev–Trinajstić information content (AvgIpc) is 2.22. The zero-order chi connectivity index (χ0) is 10.8. The molecule has 0 amide bonds. The molecule has 15 heavy (non-hydrogen) atoms. The number of benzene rings is 2. The minimum absolute atomic E-state index is 0.00703. The van der Waals surface area contributed by atoms with Crippen LogP contribution in [0.1, 0.15) is 0 Å². The van der Waals surface area contributed by atoms with Crippen LogP contribution in [0.5, 0.6) is 5.75 Å². The Morgan fingerprint density at radius 2 is 1.93 bits per heavy atom. The van der Waals surface area contributed by atoms with Crippen LogP contribution < -0.4 is 0 Å². The highest BCUT2D eigenvalue weighted by molar-refractivity contribution is 5.64. The molecule has 1 nitrogen and oxygen atoms in total. The van der Waals surface area contributed by atoms with Crippen molar-refractivity contribution in [3.8, 4) is 16.9 Å². The van der Waals surface area contributed by atoms with Crippen LogP contribution in [-0.2, 0) is 0 Å². The van der Waals surface area contributed by atoms with Crippen molar-refractivity contribution in [1.82, 2.24) is 0 Å². The van der Waals surface area contributed by atoms with E-state index in [1.54, 1.807) is 0 Å². The molecule has 3 heteroatoms. The van der Waals surface area contributed by atoms with Gasteiger partial charge < -0.3 is 5.11 Å². The van der Waals surface area contributed by atoms with E-state index in [-0.39, 0.29) is 11.3 Å². The van der Waals surface area contributed by atoms with Crippen LogP contribution in [0.2, 0.25) is 0 Å². The molecule has 0 aliphatic heterocycles. The van der Waals surface area contributed by atoms with Crippen molar-refractivity contribution in [2.75, 3.05) is 0 Å². The van der Waals surface area contributed by atoms with Gasteiger partial charge in [0.2, 0.25) is 0 Å². The molecule has 1 radical (unpaired) electrons. The van der Waals surface area contributed by atoms with E-state index >= 15 is 0 Å². The molecule has 0 aliphatic rings. The molecular formula is C12H7F2O. The van der Waals surface area contributed by atoms with Gasteiger partial charge in [-0.15, -0.1) is 0 Å². The molecule has 0 bridgehead atoms.